The first-order chi connectivity index (χ1) is 11.0. The third kappa shape index (κ3) is 2.98. The summed E-state index contributed by atoms with van der Waals surface area (Å²) in [4.78, 5) is 12.7. The minimum absolute atomic E-state index is 0.112. The summed E-state index contributed by atoms with van der Waals surface area (Å²) in [5.41, 5.74) is 0.844. The van der Waals surface area contributed by atoms with Crippen molar-refractivity contribution in [2.24, 2.45) is 0 Å². The fourth-order valence-electron chi connectivity index (χ4n) is 2.09. The summed E-state index contributed by atoms with van der Waals surface area (Å²) in [5.74, 6) is -3.22. The van der Waals surface area contributed by atoms with E-state index >= 15 is 0 Å². The number of hydrogen-bond acceptors (Lipinski definition) is 4. The number of thioether (sulfide) groups is 1. The Balaban J connectivity index is 1.98. The molecule has 3 nitrogen and oxygen atoms in total. The summed E-state index contributed by atoms with van der Waals surface area (Å²) in [6.07, 6.45) is 2.81. The Kier molecular flexibility index (Phi) is 3.92. The molecule has 1 aliphatic rings. The van der Waals surface area contributed by atoms with Gasteiger partial charge in [0.1, 0.15) is 5.75 Å². The van der Waals surface area contributed by atoms with Crippen LogP contribution in [0.5, 0.6) is 11.5 Å². The topological polar surface area (TPSA) is 57.5 Å². The summed E-state index contributed by atoms with van der Waals surface area (Å²) in [5, 5.41) is 18.1. The molecule has 0 spiro atoms. The van der Waals surface area contributed by atoms with Crippen LogP contribution in [0.3, 0.4) is 0 Å². The molecule has 3 rings (SSSR count). The van der Waals surface area contributed by atoms with Gasteiger partial charge in [0.15, 0.2) is 11.6 Å². The van der Waals surface area contributed by atoms with Crippen LogP contribution in [-0.4, -0.2) is 15.3 Å². The molecule has 6 heteroatoms. The van der Waals surface area contributed by atoms with Gasteiger partial charge in [0, 0.05) is 16.0 Å². The monoisotopic (exact) mass is 332 g/mol. The van der Waals surface area contributed by atoms with Gasteiger partial charge in [-0.2, -0.15) is 4.39 Å². The molecule has 0 atom stereocenters. The first kappa shape index (κ1) is 15.3. The highest BCUT2D eigenvalue weighted by molar-refractivity contribution is 8.22. The molecule has 0 amide bonds. The van der Waals surface area contributed by atoms with Crippen LogP contribution in [0.2, 0.25) is 0 Å². The zero-order chi connectivity index (χ0) is 16.6. The number of allylic oxidation sites excluding steroid dienone is 1. The third-order valence-corrected chi connectivity index (χ3v) is 4.27. The first-order valence-corrected chi connectivity index (χ1v) is 7.39. The van der Waals surface area contributed by atoms with Crippen molar-refractivity contribution in [2.45, 2.75) is 0 Å². The van der Waals surface area contributed by atoms with E-state index in [1.807, 2.05) is 0 Å². The first-order valence-electron chi connectivity index (χ1n) is 6.57. The fraction of sp³-hybridized carbons (Fsp3) is 0. The average molecular weight is 332 g/mol. The number of carbonyl (C=O) groups is 1. The van der Waals surface area contributed by atoms with Gasteiger partial charge < -0.3 is 10.2 Å². The zero-order valence-electron chi connectivity index (χ0n) is 11.6. The van der Waals surface area contributed by atoms with E-state index in [-0.39, 0.29) is 22.0 Å². The minimum Gasteiger partial charge on any atom is -0.508 e. The lowest BCUT2D eigenvalue weighted by molar-refractivity contribution is -0.107. The molecule has 2 N–H and O–H groups in total. The van der Waals surface area contributed by atoms with Crippen molar-refractivity contribution < 1.29 is 23.8 Å². The number of aromatic hydroxyl groups is 2. The molecular formula is C17H10F2O3S. The van der Waals surface area contributed by atoms with Crippen molar-refractivity contribution in [1.82, 2.24) is 0 Å². The maximum atomic E-state index is 13.8. The number of hydrogen-bond donors (Lipinski definition) is 2. The predicted molar refractivity (Wildman–Crippen MR) is 84.7 cm³/mol. The Morgan fingerprint density at radius 2 is 1.65 bits per heavy atom. The van der Waals surface area contributed by atoms with Crippen molar-refractivity contribution >= 4 is 27.9 Å². The lowest BCUT2D eigenvalue weighted by Crippen LogP contribution is -1.92. The van der Waals surface area contributed by atoms with Gasteiger partial charge in [-0.25, -0.2) is 4.39 Å². The van der Waals surface area contributed by atoms with Crippen LogP contribution in [-0.2, 0) is 4.79 Å². The van der Waals surface area contributed by atoms with Crippen LogP contribution in [0.4, 0.5) is 8.78 Å². The maximum absolute atomic E-state index is 13.8. The van der Waals surface area contributed by atoms with Gasteiger partial charge in [-0.1, -0.05) is 12.1 Å². The molecule has 1 aliphatic heterocycles. The molecular weight excluding hydrogens is 322 g/mol. The van der Waals surface area contributed by atoms with Gasteiger partial charge in [-0.15, -0.1) is 0 Å². The maximum Gasteiger partial charge on any atom is 0.224 e. The van der Waals surface area contributed by atoms with E-state index < -0.39 is 17.4 Å². The minimum atomic E-state index is -1.35. The van der Waals surface area contributed by atoms with E-state index in [1.54, 1.807) is 18.2 Å². The Labute approximate surface area is 134 Å². The van der Waals surface area contributed by atoms with E-state index in [2.05, 4.69) is 0 Å². The number of rotatable bonds is 2. The molecule has 0 aromatic heterocycles. The highest BCUT2D eigenvalue weighted by atomic mass is 32.2. The summed E-state index contributed by atoms with van der Waals surface area (Å²) in [7, 11) is 0. The fourth-order valence-corrected chi connectivity index (χ4v) is 2.97. The summed E-state index contributed by atoms with van der Waals surface area (Å²) < 4.78 is 27.1. The van der Waals surface area contributed by atoms with E-state index in [1.165, 1.54) is 24.3 Å². The smallest absolute Gasteiger partial charge is 0.224 e. The van der Waals surface area contributed by atoms with Gasteiger partial charge in [0.25, 0.3) is 0 Å². The number of halogens is 2. The molecule has 1 heterocycles. The number of phenolic OH excluding ortho intramolecular Hbond substituents is 2. The van der Waals surface area contributed by atoms with Crippen molar-refractivity contribution in [1.29, 1.82) is 0 Å². The second-order valence-corrected chi connectivity index (χ2v) is 5.86. The highest BCUT2D eigenvalue weighted by Gasteiger charge is 2.22. The molecule has 2 aromatic carbocycles. The Morgan fingerprint density at radius 3 is 2.35 bits per heavy atom. The summed E-state index contributed by atoms with van der Waals surface area (Å²) >= 11 is 0.972. The van der Waals surface area contributed by atoms with Gasteiger partial charge >= 0.3 is 0 Å². The molecule has 116 valence electrons. The largest absolute Gasteiger partial charge is 0.508 e. The Morgan fingerprint density at radius 1 is 0.957 bits per heavy atom. The lowest BCUT2D eigenvalue weighted by atomic mass is 10.1. The average Bonchev–Trinajstić information content (AvgIpc) is 2.89. The third-order valence-electron chi connectivity index (χ3n) is 3.28. The van der Waals surface area contributed by atoms with Gasteiger partial charge in [0.05, 0.1) is 0 Å². The zero-order valence-corrected chi connectivity index (χ0v) is 12.4. The molecule has 0 saturated heterocycles. The number of phenols is 2. The molecule has 0 saturated carbocycles. The Bertz CT molecular complexity index is 855. The predicted octanol–water partition coefficient (Wildman–Crippen LogP) is 4.07. The van der Waals surface area contributed by atoms with Crippen LogP contribution >= 0.6 is 11.8 Å². The molecule has 0 aliphatic carbocycles. The van der Waals surface area contributed by atoms with Crippen molar-refractivity contribution in [3.8, 4) is 11.5 Å². The van der Waals surface area contributed by atoms with Crippen LogP contribution in [0.1, 0.15) is 11.1 Å². The summed E-state index contributed by atoms with van der Waals surface area (Å²) in [6, 6.07) is 8.54. The quantitative estimate of drug-likeness (QED) is 0.814. The second kappa shape index (κ2) is 5.89. The van der Waals surface area contributed by atoms with Gasteiger partial charge in [-0.05, 0) is 53.7 Å². The summed E-state index contributed by atoms with van der Waals surface area (Å²) in [6.45, 7) is 0. The standard InChI is InChI=1S/C17H10F2O3S/c18-15-10(3-6-13(21)16(15)19)7-11-8-14(23-17(11)22)9-1-4-12(20)5-2-9/h1-8,20-21H/b11-7+. The molecule has 23 heavy (non-hydrogen) atoms. The van der Waals surface area contributed by atoms with E-state index in [0.29, 0.717) is 4.91 Å². The molecule has 0 fully saturated rings. The van der Waals surface area contributed by atoms with Crippen molar-refractivity contribution in [3.05, 3.63) is 70.8 Å². The van der Waals surface area contributed by atoms with E-state index in [4.69, 9.17) is 5.11 Å². The van der Waals surface area contributed by atoms with E-state index in [0.717, 1.165) is 23.4 Å². The highest BCUT2D eigenvalue weighted by Crippen LogP contribution is 2.39. The van der Waals surface area contributed by atoms with Crippen molar-refractivity contribution in [3.63, 3.8) is 0 Å². The second-order valence-electron chi connectivity index (χ2n) is 4.85. The van der Waals surface area contributed by atoms with Gasteiger partial charge in [0.2, 0.25) is 10.9 Å². The van der Waals surface area contributed by atoms with Crippen LogP contribution < -0.4 is 0 Å². The Hall–Kier alpha value is -2.60. The van der Waals surface area contributed by atoms with E-state index in [9.17, 15) is 18.7 Å². The number of carbonyl (C=O) groups excluding carboxylic acids is 1. The molecule has 2 aromatic rings. The van der Waals surface area contributed by atoms with Crippen molar-refractivity contribution in [2.75, 3.05) is 0 Å². The van der Waals surface area contributed by atoms with Crippen LogP contribution in [0.25, 0.3) is 11.0 Å². The normalized spacial score (nSPS) is 16.0. The van der Waals surface area contributed by atoms with Gasteiger partial charge in [-0.3, -0.25) is 4.79 Å². The van der Waals surface area contributed by atoms with Crippen LogP contribution in [0, 0.1) is 11.6 Å². The molecule has 0 radical (unpaired) electrons. The SMILES string of the molecule is O=C1SC(c2ccc(O)cc2)=C/C1=C\c1ccc(O)c(F)c1F. The molecule has 0 unspecified atom stereocenters. The van der Waals surface area contributed by atoms with Crippen LogP contribution in [0.15, 0.2) is 48.0 Å². The lowest BCUT2D eigenvalue weighted by Gasteiger charge is -2.01. The number of benzene rings is 2. The molecule has 0 bridgehead atoms.